The largest absolute Gasteiger partial charge is 0.469 e. The van der Waals surface area contributed by atoms with E-state index in [0.717, 1.165) is 18.7 Å². The van der Waals surface area contributed by atoms with Crippen LogP contribution in [-0.2, 0) is 23.5 Å². The highest BCUT2D eigenvalue weighted by molar-refractivity contribution is 7.46. The maximum atomic E-state index is 13.5. The van der Waals surface area contributed by atoms with Crippen molar-refractivity contribution < 1.29 is 37.6 Å². The highest BCUT2D eigenvalue weighted by Gasteiger charge is 2.43. The lowest BCUT2D eigenvalue weighted by Crippen LogP contribution is -2.56. The highest BCUT2D eigenvalue weighted by atomic mass is 31.2. The van der Waals surface area contributed by atoms with Crippen LogP contribution in [0.1, 0.15) is 20.3 Å². The molecule has 1 heterocycles. The molecule has 5 N–H and O–H groups in total. The Labute approximate surface area is 131 Å². The fraction of sp³-hybridized carbons (Fsp3) is 0.727. The first-order valence-corrected chi connectivity index (χ1v) is 8.20. The number of phosphoric ester groups is 1. The van der Waals surface area contributed by atoms with Gasteiger partial charge in [-0.2, -0.15) is 0 Å². The maximum absolute atomic E-state index is 13.5. The second-order valence-corrected chi connectivity index (χ2v) is 6.41. The standard InChI is InChI=1S/C11H19FN3O7P/c1-5(22-23(19,20)21)9(14-6(2)16)11(18)15-4-7(12)3-8(15)10(13)17/h5,7-9H,3-4H2,1-2H3,(H2,13,17)(H,14,16)(H2,19,20,21)/t5-,7-,8+,9+/m1/s1. The van der Waals surface area contributed by atoms with Gasteiger partial charge in [0.25, 0.3) is 0 Å². The molecule has 1 aliphatic rings. The summed E-state index contributed by atoms with van der Waals surface area (Å²) in [5, 5.41) is 2.18. The normalized spacial score (nSPS) is 24.1. The summed E-state index contributed by atoms with van der Waals surface area (Å²) in [5.41, 5.74) is 5.12. The number of nitrogens with one attached hydrogen (secondary N) is 1. The Morgan fingerprint density at radius 3 is 2.43 bits per heavy atom. The third-order valence-electron chi connectivity index (χ3n) is 3.26. The van der Waals surface area contributed by atoms with Gasteiger partial charge in [-0.3, -0.25) is 18.9 Å². The van der Waals surface area contributed by atoms with E-state index >= 15 is 0 Å². The fourth-order valence-electron chi connectivity index (χ4n) is 2.35. The minimum atomic E-state index is -4.92. The van der Waals surface area contributed by atoms with E-state index in [4.69, 9.17) is 15.5 Å². The summed E-state index contributed by atoms with van der Waals surface area (Å²) in [6.45, 7) is 1.82. The molecule has 0 spiro atoms. The molecule has 23 heavy (non-hydrogen) atoms. The first-order valence-electron chi connectivity index (χ1n) is 6.67. The molecule has 12 heteroatoms. The van der Waals surface area contributed by atoms with E-state index in [2.05, 4.69) is 9.84 Å². The van der Waals surface area contributed by atoms with Crippen molar-refractivity contribution in [3.8, 4) is 0 Å². The SMILES string of the molecule is CC(=O)N[C@H](C(=O)N1C[C@H](F)C[C@H]1C(N)=O)[C@@H](C)OP(=O)(O)O. The van der Waals surface area contributed by atoms with E-state index in [1.807, 2.05) is 0 Å². The molecule has 1 fully saturated rings. The molecule has 132 valence electrons. The Morgan fingerprint density at radius 1 is 1.43 bits per heavy atom. The van der Waals surface area contributed by atoms with Gasteiger partial charge in [0.05, 0.1) is 12.6 Å². The molecule has 10 nitrogen and oxygen atoms in total. The van der Waals surface area contributed by atoms with Crippen molar-refractivity contribution in [2.24, 2.45) is 5.73 Å². The Morgan fingerprint density at radius 2 is 2.00 bits per heavy atom. The number of primary amides is 1. The molecule has 4 atom stereocenters. The van der Waals surface area contributed by atoms with Crippen LogP contribution >= 0.6 is 7.82 Å². The predicted molar refractivity (Wildman–Crippen MR) is 74.4 cm³/mol. The topological polar surface area (TPSA) is 159 Å². The van der Waals surface area contributed by atoms with E-state index in [0.29, 0.717) is 0 Å². The Bertz CT molecular complexity index is 540. The predicted octanol–water partition coefficient (Wildman–Crippen LogP) is -1.59. The quantitative estimate of drug-likeness (QED) is 0.418. The molecule has 0 unspecified atom stereocenters. The smallest absolute Gasteiger partial charge is 0.368 e. The number of nitrogens with zero attached hydrogens (tertiary/aromatic N) is 1. The van der Waals surface area contributed by atoms with Crippen LogP contribution in [-0.4, -0.2) is 63.3 Å². The summed E-state index contributed by atoms with van der Waals surface area (Å²) < 4.78 is 28.8. The van der Waals surface area contributed by atoms with Crippen LogP contribution < -0.4 is 11.1 Å². The van der Waals surface area contributed by atoms with Gasteiger partial charge in [0.15, 0.2) is 0 Å². The second kappa shape index (κ2) is 7.35. The van der Waals surface area contributed by atoms with Gasteiger partial charge in [-0.15, -0.1) is 0 Å². The molecule has 0 aliphatic carbocycles. The molecule has 0 aromatic rings. The van der Waals surface area contributed by atoms with Gasteiger partial charge < -0.3 is 25.7 Å². The molecule has 0 radical (unpaired) electrons. The van der Waals surface area contributed by atoms with E-state index in [9.17, 15) is 23.3 Å². The Kier molecular flexibility index (Phi) is 6.23. The summed E-state index contributed by atoms with van der Waals surface area (Å²) in [6, 6.07) is -2.71. The van der Waals surface area contributed by atoms with E-state index in [1.54, 1.807) is 0 Å². The zero-order valence-corrected chi connectivity index (χ0v) is 13.4. The lowest BCUT2D eigenvalue weighted by molar-refractivity contribution is -0.142. The number of phosphoric acid groups is 1. The minimum absolute atomic E-state index is 0.276. The number of halogens is 1. The average Bonchev–Trinajstić information content (AvgIpc) is 2.75. The van der Waals surface area contributed by atoms with Crippen molar-refractivity contribution >= 4 is 25.5 Å². The van der Waals surface area contributed by atoms with E-state index in [-0.39, 0.29) is 6.42 Å². The minimum Gasteiger partial charge on any atom is -0.368 e. The molecule has 0 saturated carbocycles. The zero-order valence-electron chi connectivity index (χ0n) is 12.5. The first-order chi connectivity index (χ1) is 10.4. The molecular weight excluding hydrogens is 336 g/mol. The monoisotopic (exact) mass is 355 g/mol. The van der Waals surface area contributed by atoms with Crippen LogP contribution in [0.5, 0.6) is 0 Å². The number of alkyl halides is 1. The van der Waals surface area contributed by atoms with Gasteiger partial charge in [-0.1, -0.05) is 0 Å². The zero-order chi connectivity index (χ0) is 17.9. The van der Waals surface area contributed by atoms with Crippen LogP contribution in [0.15, 0.2) is 0 Å². The number of carbonyl (C=O) groups is 3. The molecule has 1 rings (SSSR count). The van der Waals surface area contributed by atoms with Crippen molar-refractivity contribution in [3.63, 3.8) is 0 Å². The van der Waals surface area contributed by atoms with E-state index in [1.165, 1.54) is 0 Å². The molecule has 1 saturated heterocycles. The van der Waals surface area contributed by atoms with Gasteiger partial charge in [0.1, 0.15) is 18.3 Å². The summed E-state index contributed by atoms with van der Waals surface area (Å²) in [6.07, 6.45) is -3.16. The number of hydrogen-bond acceptors (Lipinski definition) is 5. The highest BCUT2D eigenvalue weighted by Crippen LogP contribution is 2.38. The fourth-order valence-corrected chi connectivity index (χ4v) is 2.91. The Hall–Kier alpha value is -1.55. The van der Waals surface area contributed by atoms with Crippen molar-refractivity contribution in [1.82, 2.24) is 10.2 Å². The third kappa shape index (κ3) is 5.54. The molecular formula is C11H19FN3O7P. The molecule has 3 amide bonds. The molecule has 0 bridgehead atoms. The van der Waals surface area contributed by atoms with Crippen molar-refractivity contribution in [3.05, 3.63) is 0 Å². The van der Waals surface area contributed by atoms with Crippen molar-refractivity contribution in [1.29, 1.82) is 0 Å². The summed E-state index contributed by atoms with van der Waals surface area (Å²) in [7, 11) is -4.92. The number of likely N-dealkylation sites (tertiary alicyclic amines) is 1. The van der Waals surface area contributed by atoms with Gasteiger partial charge in [-0.25, -0.2) is 8.96 Å². The average molecular weight is 355 g/mol. The van der Waals surface area contributed by atoms with E-state index < -0.39 is 56.4 Å². The first kappa shape index (κ1) is 19.5. The maximum Gasteiger partial charge on any atom is 0.469 e. The number of hydrogen-bond donors (Lipinski definition) is 4. The van der Waals surface area contributed by atoms with Crippen LogP contribution in [0.3, 0.4) is 0 Å². The van der Waals surface area contributed by atoms with Gasteiger partial charge in [0, 0.05) is 13.3 Å². The lowest BCUT2D eigenvalue weighted by Gasteiger charge is -2.30. The summed E-state index contributed by atoms with van der Waals surface area (Å²) in [5.74, 6) is -2.50. The lowest BCUT2D eigenvalue weighted by atomic mass is 10.1. The van der Waals surface area contributed by atoms with Crippen molar-refractivity contribution in [2.45, 2.75) is 44.6 Å². The van der Waals surface area contributed by atoms with Gasteiger partial charge in [-0.05, 0) is 6.92 Å². The third-order valence-corrected chi connectivity index (χ3v) is 3.87. The summed E-state index contributed by atoms with van der Waals surface area (Å²) in [4.78, 5) is 53.5. The van der Waals surface area contributed by atoms with Crippen LogP contribution in [0, 0.1) is 0 Å². The van der Waals surface area contributed by atoms with Crippen LogP contribution in [0.4, 0.5) is 4.39 Å². The number of amides is 3. The second-order valence-electron chi connectivity index (χ2n) is 5.22. The number of carbonyl (C=O) groups excluding carboxylic acids is 3. The van der Waals surface area contributed by atoms with Crippen LogP contribution in [0.2, 0.25) is 0 Å². The van der Waals surface area contributed by atoms with Crippen LogP contribution in [0.25, 0.3) is 0 Å². The van der Waals surface area contributed by atoms with Gasteiger partial charge in [0.2, 0.25) is 17.7 Å². The number of nitrogens with two attached hydrogens (primary N) is 1. The summed E-state index contributed by atoms with van der Waals surface area (Å²) >= 11 is 0. The molecule has 0 aromatic carbocycles. The molecule has 0 aromatic heterocycles. The Balaban J connectivity index is 3.01. The number of rotatable bonds is 6. The van der Waals surface area contributed by atoms with Crippen molar-refractivity contribution in [2.75, 3.05) is 6.54 Å². The molecule has 1 aliphatic heterocycles. The van der Waals surface area contributed by atoms with Gasteiger partial charge >= 0.3 is 7.82 Å².